The molecular weight excluding hydrogens is 272 g/mol. The Kier molecular flexibility index (Phi) is 4.16. The van der Waals surface area contributed by atoms with Crippen molar-refractivity contribution in [1.29, 1.82) is 0 Å². The van der Waals surface area contributed by atoms with Crippen molar-refractivity contribution in [3.05, 3.63) is 21.1 Å². The summed E-state index contributed by atoms with van der Waals surface area (Å²) in [7, 11) is 0. The fraction of sp³-hybridized carbons (Fsp3) is 0.636. The number of aryl methyl sites for hydroxylation is 1. The van der Waals surface area contributed by atoms with Gasteiger partial charge in [-0.15, -0.1) is 0 Å². The maximum Gasteiger partial charge on any atom is 0.332 e. The second kappa shape index (κ2) is 5.66. The van der Waals surface area contributed by atoms with E-state index in [0.29, 0.717) is 12.5 Å². The number of rotatable bonds is 4. The highest BCUT2D eigenvalue weighted by Crippen LogP contribution is 2.29. The Morgan fingerprint density at radius 3 is 2.89 bits per heavy atom. The number of ether oxygens (including phenoxy) is 1. The highest BCUT2D eigenvalue weighted by atomic mass is 35.5. The molecule has 2 rings (SSSR count). The molecule has 0 bridgehead atoms. The van der Waals surface area contributed by atoms with Crippen LogP contribution in [0.25, 0.3) is 0 Å². The second-order valence-corrected chi connectivity index (χ2v) is 4.93. The summed E-state index contributed by atoms with van der Waals surface area (Å²) in [6.07, 6.45) is 0.930. The van der Waals surface area contributed by atoms with Crippen LogP contribution in [0.3, 0.4) is 0 Å². The molecule has 1 aromatic heterocycles. The molecule has 0 aromatic carbocycles. The van der Waals surface area contributed by atoms with Crippen molar-refractivity contribution in [2.24, 2.45) is 5.92 Å². The van der Waals surface area contributed by atoms with Crippen LogP contribution in [0.1, 0.15) is 19.0 Å². The first-order chi connectivity index (χ1) is 8.99. The number of anilines is 1. The van der Waals surface area contributed by atoms with E-state index in [0.717, 1.165) is 13.0 Å². The van der Waals surface area contributed by atoms with Gasteiger partial charge in [0, 0.05) is 18.6 Å². The van der Waals surface area contributed by atoms with Gasteiger partial charge < -0.3 is 10.1 Å². The van der Waals surface area contributed by atoms with E-state index >= 15 is 0 Å². The number of aromatic nitrogens is 2. The maximum absolute atomic E-state index is 11.1. The van der Waals surface area contributed by atoms with E-state index in [1.807, 2.05) is 6.92 Å². The summed E-state index contributed by atoms with van der Waals surface area (Å²) in [6, 6.07) is 0.0200. The standard InChI is InChI=1S/C11H15ClN4O3/c1-6(8-3-4-19-5-8)13-10-9(16(17)18)7(2)14-11(12)15-10/h6,8H,3-5H2,1-2H3,(H,13,14,15). The lowest BCUT2D eigenvalue weighted by Crippen LogP contribution is -2.27. The van der Waals surface area contributed by atoms with E-state index < -0.39 is 4.92 Å². The molecule has 0 spiro atoms. The van der Waals surface area contributed by atoms with Gasteiger partial charge in [0.25, 0.3) is 0 Å². The third-order valence-electron chi connectivity index (χ3n) is 3.25. The summed E-state index contributed by atoms with van der Waals surface area (Å²) in [5.74, 6) is 0.482. The minimum Gasteiger partial charge on any atom is -0.381 e. The fourth-order valence-corrected chi connectivity index (χ4v) is 2.34. The molecule has 1 aliphatic rings. The van der Waals surface area contributed by atoms with Crippen molar-refractivity contribution in [3.8, 4) is 0 Å². The van der Waals surface area contributed by atoms with Crippen molar-refractivity contribution in [3.63, 3.8) is 0 Å². The molecule has 1 N–H and O–H groups in total. The average molecular weight is 287 g/mol. The van der Waals surface area contributed by atoms with Crippen molar-refractivity contribution in [2.75, 3.05) is 18.5 Å². The summed E-state index contributed by atoms with van der Waals surface area (Å²) >= 11 is 5.76. The fourth-order valence-electron chi connectivity index (χ4n) is 2.13. The zero-order chi connectivity index (χ0) is 14.0. The lowest BCUT2D eigenvalue weighted by atomic mass is 10.0. The number of halogens is 1. The Labute approximate surface area is 115 Å². The molecule has 2 unspecified atom stereocenters. The highest BCUT2D eigenvalue weighted by Gasteiger charge is 2.27. The predicted molar refractivity (Wildman–Crippen MR) is 70.4 cm³/mol. The van der Waals surface area contributed by atoms with Crippen LogP contribution >= 0.6 is 11.6 Å². The van der Waals surface area contributed by atoms with Crippen LogP contribution in [-0.4, -0.2) is 34.1 Å². The normalized spacial score (nSPS) is 20.3. The first-order valence-corrected chi connectivity index (χ1v) is 6.39. The Morgan fingerprint density at radius 2 is 2.32 bits per heavy atom. The molecular formula is C11H15ClN4O3. The number of hydrogen-bond donors (Lipinski definition) is 1. The second-order valence-electron chi connectivity index (χ2n) is 4.59. The first-order valence-electron chi connectivity index (χ1n) is 6.02. The third kappa shape index (κ3) is 3.10. The van der Waals surface area contributed by atoms with Gasteiger partial charge in [0.2, 0.25) is 11.1 Å². The molecule has 1 fully saturated rings. The zero-order valence-electron chi connectivity index (χ0n) is 10.7. The predicted octanol–water partition coefficient (Wildman–Crippen LogP) is 2.18. The van der Waals surface area contributed by atoms with Crippen LogP contribution in [-0.2, 0) is 4.74 Å². The Bertz CT molecular complexity index is 491. The molecule has 0 aliphatic carbocycles. The van der Waals surface area contributed by atoms with Crippen LogP contribution in [0.2, 0.25) is 5.28 Å². The molecule has 0 saturated carbocycles. The number of hydrogen-bond acceptors (Lipinski definition) is 6. The van der Waals surface area contributed by atoms with Gasteiger partial charge in [-0.3, -0.25) is 10.1 Å². The summed E-state index contributed by atoms with van der Waals surface area (Å²) in [5, 5.41) is 14.1. The van der Waals surface area contributed by atoms with Crippen LogP contribution in [0.4, 0.5) is 11.5 Å². The van der Waals surface area contributed by atoms with Crippen molar-refractivity contribution in [1.82, 2.24) is 9.97 Å². The monoisotopic (exact) mass is 286 g/mol. The van der Waals surface area contributed by atoms with E-state index in [2.05, 4.69) is 15.3 Å². The summed E-state index contributed by atoms with van der Waals surface area (Å²) in [5.41, 5.74) is 0.123. The van der Waals surface area contributed by atoms with Crippen molar-refractivity contribution < 1.29 is 9.66 Å². The van der Waals surface area contributed by atoms with Crippen LogP contribution in [0, 0.1) is 23.0 Å². The van der Waals surface area contributed by atoms with Gasteiger partial charge in [-0.05, 0) is 31.9 Å². The van der Waals surface area contributed by atoms with E-state index in [1.165, 1.54) is 0 Å². The molecule has 0 amide bonds. The number of nitrogens with zero attached hydrogens (tertiary/aromatic N) is 3. The van der Waals surface area contributed by atoms with Gasteiger partial charge in [0.05, 0.1) is 11.5 Å². The van der Waals surface area contributed by atoms with Gasteiger partial charge >= 0.3 is 5.69 Å². The van der Waals surface area contributed by atoms with Crippen LogP contribution in [0.15, 0.2) is 0 Å². The van der Waals surface area contributed by atoms with Crippen molar-refractivity contribution >= 4 is 23.1 Å². The number of nitrogens with one attached hydrogen (secondary N) is 1. The Morgan fingerprint density at radius 1 is 1.58 bits per heavy atom. The van der Waals surface area contributed by atoms with Gasteiger partial charge in [-0.25, -0.2) is 4.98 Å². The maximum atomic E-state index is 11.1. The molecule has 2 heterocycles. The minimum absolute atomic E-state index is 0.000437. The SMILES string of the molecule is Cc1nc(Cl)nc(NC(C)C2CCOC2)c1[N+](=O)[O-]. The van der Waals surface area contributed by atoms with E-state index in [1.54, 1.807) is 6.92 Å². The van der Waals surface area contributed by atoms with E-state index in [4.69, 9.17) is 16.3 Å². The quantitative estimate of drug-likeness (QED) is 0.518. The molecule has 7 nitrogen and oxygen atoms in total. The highest BCUT2D eigenvalue weighted by molar-refractivity contribution is 6.28. The molecule has 1 aliphatic heterocycles. The third-order valence-corrected chi connectivity index (χ3v) is 3.42. The smallest absolute Gasteiger partial charge is 0.332 e. The van der Waals surface area contributed by atoms with E-state index in [-0.39, 0.29) is 28.5 Å². The molecule has 1 saturated heterocycles. The lowest BCUT2D eigenvalue weighted by Gasteiger charge is -2.19. The molecule has 8 heteroatoms. The number of nitro groups is 1. The van der Waals surface area contributed by atoms with Crippen LogP contribution < -0.4 is 5.32 Å². The largest absolute Gasteiger partial charge is 0.381 e. The molecule has 2 atom stereocenters. The Balaban J connectivity index is 2.25. The summed E-state index contributed by atoms with van der Waals surface area (Å²) < 4.78 is 5.31. The van der Waals surface area contributed by atoms with E-state index in [9.17, 15) is 10.1 Å². The van der Waals surface area contributed by atoms with Gasteiger partial charge in [0.15, 0.2) is 0 Å². The average Bonchev–Trinajstić information content (AvgIpc) is 2.80. The first kappa shape index (κ1) is 14.0. The zero-order valence-corrected chi connectivity index (χ0v) is 11.5. The lowest BCUT2D eigenvalue weighted by molar-refractivity contribution is -0.385. The van der Waals surface area contributed by atoms with Gasteiger partial charge in [-0.1, -0.05) is 0 Å². The molecule has 1 aromatic rings. The molecule has 0 radical (unpaired) electrons. The topological polar surface area (TPSA) is 90.2 Å². The van der Waals surface area contributed by atoms with Gasteiger partial charge in [-0.2, -0.15) is 4.98 Å². The molecule has 19 heavy (non-hydrogen) atoms. The van der Waals surface area contributed by atoms with Crippen molar-refractivity contribution in [2.45, 2.75) is 26.3 Å². The summed E-state index contributed by atoms with van der Waals surface area (Å²) in [4.78, 5) is 18.3. The van der Waals surface area contributed by atoms with Crippen LogP contribution in [0.5, 0.6) is 0 Å². The summed E-state index contributed by atoms with van der Waals surface area (Å²) in [6.45, 7) is 4.87. The molecule has 104 valence electrons. The minimum atomic E-state index is -0.494. The Hall–Kier alpha value is -1.47. The van der Waals surface area contributed by atoms with Gasteiger partial charge in [0.1, 0.15) is 5.69 Å².